The van der Waals surface area contributed by atoms with Gasteiger partial charge in [0, 0.05) is 17.2 Å². The van der Waals surface area contributed by atoms with Crippen LogP contribution in [0.3, 0.4) is 0 Å². The van der Waals surface area contributed by atoms with Crippen LogP contribution in [0.25, 0.3) is 0 Å². The molecule has 6 nitrogen and oxygen atoms in total. The van der Waals surface area contributed by atoms with Crippen LogP contribution in [0, 0.1) is 39.1 Å². The standard InChI is InChI=1S/C21H28FN3O3/c1-12(20(26)24-17-3-4-18(22)19(8-17)25(27)28)23-13(2)21-9-14-5-15(10-21)7-16(6-14)11-21/h3-4,8,12-16,23H,5-7,9-11H2,1-2H3,(H,24,26)/p+1/t12-,13-,14?,15?,16?,21?/m1/s1. The normalized spacial score (nSPS) is 32.8. The van der Waals surface area contributed by atoms with E-state index in [1.165, 1.54) is 44.6 Å². The minimum Gasteiger partial charge on any atom is -0.334 e. The maximum absolute atomic E-state index is 13.5. The van der Waals surface area contributed by atoms with Gasteiger partial charge in [-0.3, -0.25) is 14.9 Å². The fourth-order valence-electron chi connectivity index (χ4n) is 6.45. The number of nitro benzene ring substituents is 1. The summed E-state index contributed by atoms with van der Waals surface area (Å²) in [7, 11) is 0. The largest absolute Gasteiger partial charge is 0.334 e. The Hall–Kier alpha value is -2.02. The first-order valence-electron chi connectivity index (χ1n) is 10.4. The fraction of sp³-hybridized carbons (Fsp3) is 0.667. The van der Waals surface area contributed by atoms with Gasteiger partial charge in [0.05, 0.1) is 11.0 Å². The fourth-order valence-corrected chi connectivity index (χ4v) is 6.45. The van der Waals surface area contributed by atoms with Gasteiger partial charge in [-0.25, -0.2) is 0 Å². The number of halogens is 1. The molecule has 5 rings (SSSR count). The average molecular weight is 390 g/mol. The van der Waals surface area contributed by atoms with E-state index in [4.69, 9.17) is 0 Å². The van der Waals surface area contributed by atoms with Gasteiger partial charge in [0.15, 0.2) is 6.04 Å². The van der Waals surface area contributed by atoms with Gasteiger partial charge in [-0.05, 0) is 82.3 Å². The Morgan fingerprint density at radius 3 is 2.32 bits per heavy atom. The summed E-state index contributed by atoms with van der Waals surface area (Å²) in [6.07, 6.45) is 8.04. The van der Waals surface area contributed by atoms with Crippen molar-refractivity contribution in [2.24, 2.45) is 23.2 Å². The first-order chi connectivity index (χ1) is 13.3. The molecular weight excluding hydrogens is 361 g/mol. The maximum atomic E-state index is 13.5. The number of amides is 1. The van der Waals surface area contributed by atoms with Gasteiger partial charge in [-0.15, -0.1) is 0 Å². The van der Waals surface area contributed by atoms with Crippen LogP contribution in [0.5, 0.6) is 0 Å². The van der Waals surface area contributed by atoms with E-state index in [1.807, 2.05) is 6.92 Å². The van der Waals surface area contributed by atoms with Crippen molar-refractivity contribution >= 4 is 17.3 Å². The maximum Gasteiger partial charge on any atom is 0.306 e. The van der Waals surface area contributed by atoms with E-state index >= 15 is 0 Å². The highest BCUT2D eigenvalue weighted by Gasteiger charge is 2.54. The van der Waals surface area contributed by atoms with E-state index in [2.05, 4.69) is 17.6 Å². The van der Waals surface area contributed by atoms with E-state index in [0.717, 1.165) is 29.9 Å². The van der Waals surface area contributed by atoms with Crippen LogP contribution in [0.4, 0.5) is 15.8 Å². The molecule has 4 aliphatic carbocycles. The summed E-state index contributed by atoms with van der Waals surface area (Å²) in [5, 5.41) is 15.7. The number of hydrogen-bond acceptors (Lipinski definition) is 3. The molecule has 0 radical (unpaired) electrons. The Kier molecular flexibility index (Phi) is 4.89. The molecule has 4 bridgehead atoms. The monoisotopic (exact) mass is 390 g/mol. The number of nitro groups is 1. The van der Waals surface area contributed by atoms with Crippen molar-refractivity contribution in [2.45, 2.75) is 64.5 Å². The first kappa shape index (κ1) is 19.3. The number of nitrogens with one attached hydrogen (secondary N) is 1. The second-order valence-corrected chi connectivity index (χ2v) is 9.46. The molecule has 1 amide bonds. The van der Waals surface area contributed by atoms with Crippen LogP contribution < -0.4 is 10.6 Å². The Labute approximate surface area is 164 Å². The first-order valence-corrected chi connectivity index (χ1v) is 10.4. The van der Waals surface area contributed by atoms with Crippen molar-refractivity contribution in [1.29, 1.82) is 0 Å². The Morgan fingerprint density at radius 2 is 1.79 bits per heavy atom. The van der Waals surface area contributed by atoms with Gasteiger partial charge in [0.25, 0.3) is 5.91 Å². The highest BCUT2D eigenvalue weighted by atomic mass is 19.1. The summed E-state index contributed by atoms with van der Waals surface area (Å²) >= 11 is 0. The molecule has 152 valence electrons. The molecule has 0 saturated heterocycles. The lowest BCUT2D eigenvalue weighted by Gasteiger charge is -2.58. The molecule has 0 unspecified atom stereocenters. The Bertz CT molecular complexity index is 762. The number of carbonyl (C=O) groups is 1. The third kappa shape index (κ3) is 3.52. The molecule has 7 heteroatoms. The third-order valence-corrected chi connectivity index (χ3v) is 7.45. The predicted molar refractivity (Wildman–Crippen MR) is 103 cm³/mol. The number of rotatable bonds is 6. The van der Waals surface area contributed by atoms with Crippen LogP contribution in [0.2, 0.25) is 0 Å². The van der Waals surface area contributed by atoms with Crippen LogP contribution in [0.1, 0.15) is 52.4 Å². The molecule has 1 aromatic carbocycles. The number of carbonyl (C=O) groups excluding carboxylic acids is 1. The van der Waals surface area contributed by atoms with E-state index < -0.39 is 16.4 Å². The zero-order chi connectivity index (χ0) is 20.1. The highest BCUT2D eigenvalue weighted by Crippen LogP contribution is 2.60. The quantitative estimate of drug-likeness (QED) is 0.577. The van der Waals surface area contributed by atoms with Crippen molar-refractivity contribution < 1.29 is 19.4 Å². The Balaban J connectivity index is 1.40. The molecule has 0 spiro atoms. The van der Waals surface area contributed by atoms with Gasteiger partial charge in [0.2, 0.25) is 5.82 Å². The molecular formula is C21H29FN3O3+. The highest BCUT2D eigenvalue weighted by molar-refractivity contribution is 5.93. The summed E-state index contributed by atoms with van der Waals surface area (Å²) in [6.45, 7) is 4.12. The van der Waals surface area contributed by atoms with Crippen LogP contribution in [0.15, 0.2) is 18.2 Å². The van der Waals surface area contributed by atoms with Gasteiger partial charge in [-0.2, -0.15) is 4.39 Å². The minimum absolute atomic E-state index is 0.211. The van der Waals surface area contributed by atoms with Gasteiger partial charge < -0.3 is 10.6 Å². The van der Waals surface area contributed by atoms with Crippen molar-refractivity contribution in [3.63, 3.8) is 0 Å². The third-order valence-electron chi connectivity index (χ3n) is 7.45. The van der Waals surface area contributed by atoms with E-state index in [0.29, 0.717) is 11.5 Å². The molecule has 1 aromatic rings. The smallest absolute Gasteiger partial charge is 0.306 e. The second-order valence-electron chi connectivity index (χ2n) is 9.46. The van der Waals surface area contributed by atoms with Crippen molar-refractivity contribution in [1.82, 2.24) is 0 Å². The predicted octanol–water partition coefficient (Wildman–Crippen LogP) is 3.23. The molecule has 4 aliphatic rings. The number of anilines is 1. The van der Waals surface area contributed by atoms with E-state index in [-0.39, 0.29) is 17.6 Å². The number of hydrogen-bond donors (Lipinski definition) is 2. The molecule has 4 saturated carbocycles. The van der Waals surface area contributed by atoms with E-state index in [9.17, 15) is 19.3 Å². The van der Waals surface area contributed by atoms with Gasteiger partial charge in [0.1, 0.15) is 0 Å². The lowest BCUT2D eigenvalue weighted by Crippen LogP contribution is -2.98. The molecule has 3 N–H and O–H groups in total. The number of nitrogens with zero attached hydrogens (tertiary/aromatic N) is 1. The van der Waals surface area contributed by atoms with Gasteiger partial charge in [-0.1, -0.05) is 0 Å². The molecule has 0 aromatic heterocycles. The summed E-state index contributed by atoms with van der Waals surface area (Å²) < 4.78 is 13.5. The lowest BCUT2D eigenvalue weighted by molar-refractivity contribution is -0.718. The van der Waals surface area contributed by atoms with Crippen LogP contribution in [-0.2, 0) is 4.79 Å². The molecule has 28 heavy (non-hydrogen) atoms. The lowest BCUT2D eigenvalue weighted by atomic mass is 9.48. The van der Waals surface area contributed by atoms with Crippen molar-refractivity contribution in [3.8, 4) is 0 Å². The second kappa shape index (κ2) is 7.10. The molecule has 0 heterocycles. The summed E-state index contributed by atoms with van der Waals surface area (Å²) in [5.74, 6) is 1.48. The zero-order valence-electron chi connectivity index (χ0n) is 16.5. The summed E-state index contributed by atoms with van der Waals surface area (Å²) in [6, 6.07) is 3.49. The molecule has 4 fully saturated rings. The zero-order valence-corrected chi connectivity index (χ0v) is 16.5. The van der Waals surface area contributed by atoms with Crippen LogP contribution in [-0.4, -0.2) is 22.9 Å². The summed E-state index contributed by atoms with van der Waals surface area (Å²) in [5.41, 5.74) is -0.0324. The topological polar surface area (TPSA) is 88.8 Å². The van der Waals surface area contributed by atoms with Gasteiger partial charge >= 0.3 is 5.69 Å². The number of nitrogens with two attached hydrogens (primary N) is 1. The van der Waals surface area contributed by atoms with E-state index in [1.54, 1.807) is 0 Å². The summed E-state index contributed by atoms with van der Waals surface area (Å²) in [4.78, 5) is 22.7. The number of quaternary nitrogens is 1. The molecule has 2 atom stereocenters. The average Bonchev–Trinajstić information content (AvgIpc) is 2.61. The van der Waals surface area contributed by atoms with Crippen LogP contribution >= 0.6 is 0 Å². The minimum atomic E-state index is -0.905. The number of benzene rings is 1. The SMILES string of the molecule is C[C@@H]([NH2+][C@H](C)C12CC3CC(CC(C3)C1)C2)C(=O)Nc1ccc(F)c([N+](=O)[O-])c1. The Morgan fingerprint density at radius 1 is 1.21 bits per heavy atom. The van der Waals surface area contributed by atoms with Crippen molar-refractivity contribution in [3.05, 3.63) is 34.1 Å². The molecule has 0 aliphatic heterocycles. The van der Waals surface area contributed by atoms with Crippen molar-refractivity contribution in [2.75, 3.05) is 5.32 Å².